The molecule has 4 aromatic rings. The average Bonchev–Trinajstić information content (AvgIpc) is 3.18. The number of amides is 2. The van der Waals surface area contributed by atoms with E-state index in [1.165, 1.54) is 0 Å². The van der Waals surface area contributed by atoms with Crippen LogP contribution in [0.1, 0.15) is 91.3 Å². The first-order chi connectivity index (χ1) is 25.7. The van der Waals surface area contributed by atoms with E-state index in [1.807, 2.05) is 84.7 Å². The molecule has 1 heterocycles. The number of rotatable bonds is 18. The second kappa shape index (κ2) is 20.0. The van der Waals surface area contributed by atoms with E-state index in [0.29, 0.717) is 44.5 Å². The number of nitrogens with zero attached hydrogens (tertiary/aromatic N) is 1. The summed E-state index contributed by atoms with van der Waals surface area (Å²) < 4.78 is 13.1. The second-order valence-electron chi connectivity index (χ2n) is 13.7. The van der Waals surface area contributed by atoms with Crippen LogP contribution in [0.25, 0.3) is 11.1 Å². The number of carbonyl (C=O) groups is 2. The van der Waals surface area contributed by atoms with Crippen LogP contribution in [0.4, 0.5) is 0 Å². The molecule has 1 saturated heterocycles. The molecule has 0 aliphatic carbocycles. The van der Waals surface area contributed by atoms with Crippen LogP contribution in [0.3, 0.4) is 0 Å². The van der Waals surface area contributed by atoms with Gasteiger partial charge in [-0.05, 0) is 65.4 Å². The molecule has 53 heavy (non-hydrogen) atoms. The second-order valence-corrected chi connectivity index (χ2v) is 13.7. The van der Waals surface area contributed by atoms with Crippen LogP contribution < -0.4 is 10.8 Å². The fourth-order valence-electron chi connectivity index (χ4n) is 6.63. The number of carbonyl (C=O) groups excluding carboxylic acids is 2. The van der Waals surface area contributed by atoms with E-state index in [4.69, 9.17) is 14.7 Å². The molecule has 0 unspecified atom stereocenters. The molecule has 5 rings (SSSR count). The standard InChI is InChI=1S/C42H51N3O8/c1-45(27-38(48)33-10-8-11-35(47)23-33)26-36-24-39(31-17-15-29(28-46)16-18-31)53-42(52-36)32-21-19-30(20-22-32)37-12-7-6-9-34(37)25-43-40(49)13-4-2-3-5-14-41(50)44-51/h6-12,15-23,36,38-39,42,46-48,51H,2-5,13-14,24-28H2,1H3,(H,43,49)(H,44,50)/t36-,38-,39+,42+/m1/s1. The molecule has 11 heteroatoms. The van der Waals surface area contributed by atoms with Crippen molar-refractivity contribution in [3.05, 3.63) is 125 Å². The van der Waals surface area contributed by atoms with Crippen molar-refractivity contribution in [3.63, 3.8) is 0 Å². The lowest BCUT2D eigenvalue weighted by Gasteiger charge is -2.38. The van der Waals surface area contributed by atoms with Crippen molar-refractivity contribution < 1.29 is 39.6 Å². The van der Waals surface area contributed by atoms with Crippen molar-refractivity contribution in [1.82, 2.24) is 15.7 Å². The van der Waals surface area contributed by atoms with Crippen molar-refractivity contribution in [3.8, 4) is 16.9 Å². The number of ether oxygens (including phenoxy) is 2. The largest absolute Gasteiger partial charge is 0.508 e. The lowest BCUT2D eigenvalue weighted by Crippen LogP contribution is -2.39. The maximum absolute atomic E-state index is 12.6. The number of phenols is 1. The maximum Gasteiger partial charge on any atom is 0.243 e. The quantitative estimate of drug-likeness (QED) is 0.0397. The Morgan fingerprint density at radius 1 is 0.849 bits per heavy atom. The zero-order chi connectivity index (χ0) is 37.6. The minimum atomic E-state index is -0.779. The predicted molar refractivity (Wildman–Crippen MR) is 200 cm³/mol. The summed E-state index contributed by atoms with van der Waals surface area (Å²) in [7, 11) is 1.93. The molecule has 0 radical (unpaired) electrons. The van der Waals surface area contributed by atoms with Crippen LogP contribution in [0.15, 0.2) is 97.1 Å². The number of likely N-dealkylation sites (N-methyl/N-ethyl adjacent to an activating group) is 1. The molecule has 4 atom stereocenters. The Balaban J connectivity index is 1.22. The topological polar surface area (TPSA) is 161 Å². The molecule has 282 valence electrons. The molecule has 4 aromatic carbocycles. The fourth-order valence-corrected chi connectivity index (χ4v) is 6.63. The van der Waals surface area contributed by atoms with E-state index in [-0.39, 0.29) is 36.9 Å². The summed E-state index contributed by atoms with van der Waals surface area (Å²) in [4.78, 5) is 25.7. The number of hydrogen-bond acceptors (Lipinski definition) is 9. The minimum absolute atomic E-state index is 0.0236. The Morgan fingerprint density at radius 2 is 1.55 bits per heavy atom. The van der Waals surface area contributed by atoms with E-state index in [2.05, 4.69) is 5.32 Å². The number of nitrogens with one attached hydrogen (secondary N) is 2. The lowest BCUT2D eigenvalue weighted by molar-refractivity contribution is -0.252. The Bertz CT molecular complexity index is 1750. The van der Waals surface area contributed by atoms with Gasteiger partial charge in [-0.25, -0.2) is 5.48 Å². The molecule has 0 spiro atoms. The molecular weight excluding hydrogens is 674 g/mol. The van der Waals surface area contributed by atoms with Crippen molar-refractivity contribution in [2.24, 2.45) is 0 Å². The van der Waals surface area contributed by atoms with Gasteiger partial charge in [0.25, 0.3) is 0 Å². The van der Waals surface area contributed by atoms with Gasteiger partial charge in [0, 0.05) is 44.5 Å². The van der Waals surface area contributed by atoms with Crippen molar-refractivity contribution in [2.75, 3.05) is 20.1 Å². The third kappa shape index (κ3) is 11.9. The monoisotopic (exact) mass is 725 g/mol. The Hall–Kier alpha value is -4.62. The summed E-state index contributed by atoms with van der Waals surface area (Å²) in [6, 6.07) is 30.5. The number of unbranched alkanes of at least 4 members (excludes halogenated alkanes) is 3. The van der Waals surface area contributed by atoms with Crippen LogP contribution >= 0.6 is 0 Å². The van der Waals surface area contributed by atoms with Gasteiger partial charge in [0.2, 0.25) is 11.8 Å². The van der Waals surface area contributed by atoms with Crippen LogP contribution in [0.5, 0.6) is 5.75 Å². The van der Waals surface area contributed by atoms with E-state index in [1.54, 1.807) is 29.7 Å². The van der Waals surface area contributed by atoms with Crippen LogP contribution in [0, 0.1) is 0 Å². The fraction of sp³-hybridized carbons (Fsp3) is 0.381. The molecular formula is C42H51N3O8. The molecule has 1 aliphatic heterocycles. The molecule has 1 fully saturated rings. The van der Waals surface area contributed by atoms with Gasteiger partial charge in [0.1, 0.15) is 5.75 Å². The first-order valence-electron chi connectivity index (χ1n) is 18.3. The van der Waals surface area contributed by atoms with E-state index >= 15 is 0 Å². The first kappa shape index (κ1) is 39.6. The molecule has 1 aliphatic rings. The Morgan fingerprint density at radius 3 is 2.25 bits per heavy atom. The average molecular weight is 726 g/mol. The van der Waals surface area contributed by atoms with Gasteiger partial charge < -0.3 is 35.0 Å². The van der Waals surface area contributed by atoms with Crippen molar-refractivity contribution >= 4 is 11.8 Å². The SMILES string of the molecule is CN(C[C@H]1C[C@@H](c2ccc(CO)cc2)O[C@@H](c2ccc(-c3ccccc3CNC(=O)CCCCCCC(=O)NO)cc2)O1)C[C@@H](O)c1cccc(O)c1. The summed E-state index contributed by atoms with van der Waals surface area (Å²) in [5.74, 6) is -0.305. The van der Waals surface area contributed by atoms with E-state index < -0.39 is 18.3 Å². The number of hydroxylamine groups is 1. The van der Waals surface area contributed by atoms with Crippen LogP contribution in [-0.2, 0) is 32.2 Å². The number of hydrogen-bond donors (Lipinski definition) is 6. The highest BCUT2D eigenvalue weighted by Crippen LogP contribution is 2.39. The van der Waals surface area contributed by atoms with Gasteiger partial charge in [-0.3, -0.25) is 14.8 Å². The van der Waals surface area contributed by atoms with Gasteiger partial charge in [0.05, 0.1) is 24.9 Å². The number of aromatic hydroxyl groups is 1. The highest BCUT2D eigenvalue weighted by Gasteiger charge is 2.33. The zero-order valence-corrected chi connectivity index (χ0v) is 30.2. The van der Waals surface area contributed by atoms with Crippen LogP contribution in [-0.4, -0.2) is 63.5 Å². The van der Waals surface area contributed by atoms with Crippen molar-refractivity contribution in [2.45, 2.75) is 82.7 Å². The molecule has 0 saturated carbocycles. The Kier molecular flexibility index (Phi) is 14.9. The normalized spacial score (nSPS) is 17.7. The number of phenolic OH excluding ortho intramolecular Hbond substituents is 1. The molecule has 2 amide bonds. The summed E-state index contributed by atoms with van der Waals surface area (Å²) in [6.45, 7) is 1.26. The van der Waals surface area contributed by atoms with E-state index in [0.717, 1.165) is 52.6 Å². The summed E-state index contributed by atoms with van der Waals surface area (Å²) in [5, 5.41) is 41.9. The van der Waals surface area contributed by atoms with Gasteiger partial charge in [-0.15, -0.1) is 0 Å². The summed E-state index contributed by atoms with van der Waals surface area (Å²) in [6.07, 6.45) is 2.44. The third-order valence-electron chi connectivity index (χ3n) is 9.54. The first-order valence-corrected chi connectivity index (χ1v) is 18.3. The lowest BCUT2D eigenvalue weighted by atomic mass is 9.97. The number of aliphatic hydroxyl groups excluding tert-OH is 2. The summed E-state index contributed by atoms with van der Waals surface area (Å²) >= 11 is 0. The van der Waals surface area contributed by atoms with Gasteiger partial charge in [-0.2, -0.15) is 0 Å². The third-order valence-corrected chi connectivity index (χ3v) is 9.54. The summed E-state index contributed by atoms with van der Waals surface area (Å²) in [5.41, 5.74) is 7.95. The van der Waals surface area contributed by atoms with Gasteiger partial charge in [0.15, 0.2) is 6.29 Å². The minimum Gasteiger partial charge on any atom is -0.508 e. The molecule has 6 N–H and O–H groups in total. The molecule has 0 aromatic heterocycles. The maximum atomic E-state index is 12.6. The molecule has 0 bridgehead atoms. The van der Waals surface area contributed by atoms with Crippen molar-refractivity contribution in [1.29, 1.82) is 0 Å². The molecule has 11 nitrogen and oxygen atoms in total. The Labute approximate surface area is 311 Å². The highest BCUT2D eigenvalue weighted by atomic mass is 16.7. The smallest absolute Gasteiger partial charge is 0.243 e. The van der Waals surface area contributed by atoms with Gasteiger partial charge in [-0.1, -0.05) is 97.8 Å². The van der Waals surface area contributed by atoms with E-state index in [9.17, 15) is 24.9 Å². The number of aliphatic hydroxyl groups is 2. The zero-order valence-electron chi connectivity index (χ0n) is 30.2. The predicted octanol–water partition coefficient (Wildman–Crippen LogP) is 6.22. The number of benzene rings is 4. The van der Waals surface area contributed by atoms with Crippen LogP contribution in [0.2, 0.25) is 0 Å². The highest BCUT2D eigenvalue weighted by molar-refractivity contribution is 5.76. The van der Waals surface area contributed by atoms with Gasteiger partial charge >= 0.3 is 0 Å².